The molecule has 1 heterocycles. The Bertz CT molecular complexity index is 1030. The van der Waals surface area contributed by atoms with Crippen molar-refractivity contribution < 1.29 is 14.4 Å². The lowest BCUT2D eigenvalue weighted by Crippen LogP contribution is -2.29. The first-order valence-electron chi connectivity index (χ1n) is 9.05. The van der Waals surface area contributed by atoms with E-state index in [0.717, 1.165) is 10.5 Å². The molecule has 5 nitrogen and oxygen atoms in total. The summed E-state index contributed by atoms with van der Waals surface area (Å²) in [7, 11) is 0. The molecule has 138 valence electrons. The average molecular weight is 370 g/mol. The van der Waals surface area contributed by atoms with Gasteiger partial charge in [0.1, 0.15) is 0 Å². The van der Waals surface area contributed by atoms with Crippen LogP contribution in [0.25, 0.3) is 0 Å². The summed E-state index contributed by atoms with van der Waals surface area (Å²) in [6.45, 7) is 0. The van der Waals surface area contributed by atoms with Crippen molar-refractivity contribution in [1.82, 2.24) is 0 Å². The second kappa shape index (κ2) is 7.48. The quantitative estimate of drug-likeness (QED) is 0.689. The minimum atomic E-state index is -0.354. The highest BCUT2D eigenvalue weighted by Gasteiger charge is 2.36. The minimum absolute atomic E-state index is 0.122. The lowest BCUT2D eigenvalue weighted by atomic mass is 10.1. The van der Waals surface area contributed by atoms with Crippen molar-refractivity contribution in [2.45, 2.75) is 12.8 Å². The Labute approximate surface area is 162 Å². The lowest BCUT2D eigenvalue weighted by Gasteiger charge is -2.15. The highest BCUT2D eigenvalue weighted by molar-refractivity contribution is 6.34. The third-order valence-electron chi connectivity index (χ3n) is 4.67. The second-order valence-electron chi connectivity index (χ2n) is 6.58. The number of imide groups is 1. The molecule has 3 aromatic rings. The number of anilines is 2. The van der Waals surface area contributed by atoms with Crippen LogP contribution in [-0.2, 0) is 11.2 Å². The van der Waals surface area contributed by atoms with Gasteiger partial charge in [0.2, 0.25) is 5.91 Å². The number of hydrogen-bond donors (Lipinski definition) is 1. The maximum absolute atomic E-state index is 12.6. The lowest BCUT2D eigenvalue weighted by molar-refractivity contribution is -0.116. The highest BCUT2D eigenvalue weighted by atomic mass is 16.2. The molecule has 0 saturated carbocycles. The Morgan fingerprint density at radius 1 is 0.786 bits per heavy atom. The number of carbonyl (C=O) groups excluding carboxylic acids is 3. The standard InChI is InChI=1S/C23H18N2O3/c26-21(14-13-16-7-2-1-3-8-16)24-17-9-6-10-18(15-17)25-22(27)19-11-4-5-12-20(19)23(25)28/h1-12,15H,13-14H2,(H,24,26). The van der Waals surface area contributed by atoms with Crippen molar-refractivity contribution in [2.24, 2.45) is 0 Å². The van der Waals surface area contributed by atoms with Gasteiger partial charge >= 0.3 is 0 Å². The van der Waals surface area contributed by atoms with E-state index >= 15 is 0 Å². The first kappa shape index (κ1) is 17.7. The average Bonchev–Trinajstić information content (AvgIpc) is 2.98. The molecule has 0 unspecified atom stereocenters. The number of amides is 3. The number of nitrogens with one attached hydrogen (secondary N) is 1. The third-order valence-corrected chi connectivity index (χ3v) is 4.67. The first-order valence-corrected chi connectivity index (χ1v) is 9.05. The molecule has 1 aliphatic rings. The van der Waals surface area contributed by atoms with Crippen LogP contribution in [0.3, 0.4) is 0 Å². The SMILES string of the molecule is O=C(CCc1ccccc1)Nc1cccc(N2C(=O)c3ccccc3C2=O)c1. The Hall–Kier alpha value is -3.73. The largest absolute Gasteiger partial charge is 0.326 e. The fourth-order valence-electron chi connectivity index (χ4n) is 3.27. The van der Waals surface area contributed by atoms with E-state index in [1.807, 2.05) is 30.3 Å². The second-order valence-corrected chi connectivity index (χ2v) is 6.58. The molecule has 0 aromatic heterocycles. The maximum Gasteiger partial charge on any atom is 0.266 e. The summed E-state index contributed by atoms with van der Waals surface area (Å²) in [6.07, 6.45) is 0.992. The van der Waals surface area contributed by atoms with Crippen LogP contribution in [0.4, 0.5) is 11.4 Å². The van der Waals surface area contributed by atoms with Crippen LogP contribution < -0.4 is 10.2 Å². The van der Waals surface area contributed by atoms with Crippen molar-refractivity contribution in [3.05, 3.63) is 95.6 Å². The molecule has 0 fully saturated rings. The maximum atomic E-state index is 12.6. The van der Waals surface area contributed by atoms with Crippen LogP contribution in [0.5, 0.6) is 0 Å². The molecule has 5 heteroatoms. The minimum Gasteiger partial charge on any atom is -0.326 e. The van der Waals surface area contributed by atoms with Gasteiger partial charge in [-0.05, 0) is 42.3 Å². The molecule has 3 amide bonds. The number of aryl methyl sites for hydroxylation is 1. The van der Waals surface area contributed by atoms with E-state index in [-0.39, 0.29) is 17.7 Å². The summed E-state index contributed by atoms with van der Waals surface area (Å²) >= 11 is 0. The van der Waals surface area contributed by atoms with E-state index in [1.54, 1.807) is 48.5 Å². The number of hydrogen-bond acceptors (Lipinski definition) is 3. The van der Waals surface area contributed by atoms with Gasteiger partial charge in [0.05, 0.1) is 16.8 Å². The van der Waals surface area contributed by atoms with Gasteiger partial charge in [-0.1, -0.05) is 48.5 Å². The number of rotatable bonds is 5. The van der Waals surface area contributed by atoms with Crippen molar-refractivity contribution in [2.75, 3.05) is 10.2 Å². The topological polar surface area (TPSA) is 66.5 Å². The number of carbonyl (C=O) groups is 3. The predicted molar refractivity (Wildman–Crippen MR) is 107 cm³/mol. The van der Waals surface area contributed by atoms with Crippen LogP contribution >= 0.6 is 0 Å². The zero-order valence-corrected chi connectivity index (χ0v) is 15.1. The molecular weight excluding hydrogens is 352 g/mol. The van der Waals surface area contributed by atoms with Crippen LogP contribution in [0.15, 0.2) is 78.9 Å². The van der Waals surface area contributed by atoms with Crippen molar-refractivity contribution >= 4 is 29.1 Å². The Balaban J connectivity index is 1.47. The summed E-state index contributed by atoms with van der Waals surface area (Å²) in [6, 6.07) is 23.3. The number of fused-ring (bicyclic) bond motifs is 1. The first-order chi connectivity index (χ1) is 13.6. The Kier molecular flexibility index (Phi) is 4.72. The molecule has 0 atom stereocenters. The number of nitrogens with zero attached hydrogens (tertiary/aromatic N) is 1. The van der Waals surface area contributed by atoms with Crippen LogP contribution in [0, 0.1) is 0 Å². The van der Waals surface area contributed by atoms with E-state index in [0.29, 0.717) is 35.3 Å². The molecule has 28 heavy (non-hydrogen) atoms. The molecule has 0 radical (unpaired) electrons. The molecule has 1 aliphatic heterocycles. The predicted octanol–water partition coefficient (Wildman–Crippen LogP) is 4.06. The van der Waals surface area contributed by atoms with Gasteiger partial charge in [0, 0.05) is 12.1 Å². The monoisotopic (exact) mass is 370 g/mol. The molecule has 0 aliphatic carbocycles. The van der Waals surface area contributed by atoms with Gasteiger partial charge in [-0.3, -0.25) is 14.4 Å². The summed E-state index contributed by atoms with van der Waals surface area (Å²) in [5.74, 6) is -0.829. The van der Waals surface area contributed by atoms with Gasteiger partial charge in [-0.15, -0.1) is 0 Å². The van der Waals surface area contributed by atoms with E-state index < -0.39 is 0 Å². The van der Waals surface area contributed by atoms with Gasteiger partial charge < -0.3 is 5.32 Å². The third kappa shape index (κ3) is 3.42. The summed E-state index contributed by atoms with van der Waals surface area (Å²) < 4.78 is 0. The van der Waals surface area contributed by atoms with E-state index in [1.165, 1.54) is 0 Å². The molecular formula is C23H18N2O3. The van der Waals surface area contributed by atoms with Crippen molar-refractivity contribution in [1.29, 1.82) is 0 Å². The molecule has 1 N–H and O–H groups in total. The smallest absolute Gasteiger partial charge is 0.266 e. The van der Waals surface area contributed by atoms with Crippen molar-refractivity contribution in [3.63, 3.8) is 0 Å². The van der Waals surface area contributed by atoms with E-state index in [9.17, 15) is 14.4 Å². The fourth-order valence-corrected chi connectivity index (χ4v) is 3.27. The van der Waals surface area contributed by atoms with E-state index in [4.69, 9.17) is 0 Å². The zero-order chi connectivity index (χ0) is 19.5. The Morgan fingerprint density at radius 2 is 1.43 bits per heavy atom. The van der Waals surface area contributed by atoms with Gasteiger partial charge in [0.15, 0.2) is 0 Å². The van der Waals surface area contributed by atoms with E-state index in [2.05, 4.69) is 5.32 Å². The molecule has 4 rings (SSSR count). The molecule has 3 aromatic carbocycles. The zero-order valence-electron chi connectivity index (χ0n) is 15.1. The van der Waals surface area contributed by atoms with Gasteiger partial charge in [-0.25, -0.2) is 4.90 Å². The fraction of sp³-hybridized carbons (Fsp3) is 0.0870. The summed E-state index contributed by atoms with van der Waals surface area (Å²) in [4.78, 5) is 38.6. The van der Waals surface area contributed by atoms with Gasteiger partial charge in [0.25, 0.3) is 11.8 Å². The highest BCUT2D eigenvalue weighted by Crippen LogP contribution is 2.29. The normalized spacial score (nSPS) is 12.8. The molecule has 0 saturated heterocycles. The number of benzene rings is 3. The molecule has 0 spiro atoms. The van der Waals surface area contributed by atoms with Crippen molar-refractivity contribution in [3.8, 4) is 0 Å². The van der Waals surface area contributed by atoms with Crippen LogP contribution in [0.1, 0.15) is 32.7 Å². The summed E-state index contributed by atoms with van der Waals surface area (Å²) in [5, 5.41) is 2.84. The molecule has 0 bridgehead atoms. The van der Waals surface area contributed by atoms with Crippen LogP contribution in [-0.4, -0.2) is 17.7 Å². The summed E-state index contributed by atoms with van der Waals surface area (Å²) in [5.41, 5.74) is 2.87. The van der Waals surface area contributed by atoms with Crippen LogP contribution in [0.2, 0.25) is 0 Å². The van der Waals surface area contributed by atoms with Gasteiger partial charge in [-0.2, -0.15) is 0 Å². The Morgan fingerprint density at radius 3 is 2.11 bits per heavy atom.